The maximum atomic E-state index is 5.35. The molecule has 0 aliphatic rings. The van der Waals surface area contributed by atoms with Gasteiger partial charge >= 0.3 is 6.08 Å². The van der Waals surface area contributed by atoms with Crippen molar-refractivity contribution < 1.29 is 13.9 Å². The highest BCUT2D eigenvalue weighted by atomic mass is 16.6. The van der Waals surface area contributed by atoms with Gasteiger partial charge in [-0.1, -0.05) is 0 Å². The number of anilines is 1. The van der Waals surface area contributed by atoms with E-state index < -0.39 is 0 Å². The highest BCUT2D eigenvalue weighted by molar-refractivity contribution is 5.32. The molecule has 0 aliphatic heterocycles. The fourth-order valence-corrected chi connectivity index (χ4v) is 1.06. The Balaban J connectivity index is 2.11. The van der Waals surface area contributed by atoms with E-state index in [4.69, 9.17) is 19.6 Å². The molecule has 1 aromatic heterocycles. The smallest absolute Gasteiger partial charge is 0.400 e. The van der Waals surface area contributed by atoms with E-state index in [1.165, 1.54) is 6.20 Å². The predicted octanol–water partition coefficient (Wildman–Crippen LogP) is 2.06. The highest BCUT2D eigenvalue weighted by Crippen LogP contribution is 2.23. The summed E-state index contributed by atoms with van der Waals surface area (Å²) in [6.07, 6.45) is 1.51. The first-order valence-electron chi connectivity index (χ1n) is 4.31. The zero-order valence-electron chi connectivity index (χ0n) is 8.14. The molecular formula is C10H10N2O3. The number of nitrogen functional groups attached to an aromatic ring is 1. The van der Waals surface area contributed by atoms with E-state index in [9.17, 15) is 0 Å². The number of oxazole rings is 1. The molecule has 2 aromatic rings. The van der Waals surface area contributed by atoms with Gasteiger partial charge in [0.1, 0.15) is 11.5 Å². The number of nitrogens with two attached hydrogens (primary N) is 1. The van der Waals surface area contributed by atoms with Crippen molar-refractivity contribution in [2.45, 2.75) is 0 Å². The molecule has 5 nitrogen and oxygen atoms in total. The number of methoxy groups -OCH3 is 1. The van der Waals surface area contributed by atoms with Crippen molar-refractivity contribution in [1.29, 1.82) is 0 Å². The Bertz CT molecular complexity index is 436. The van der Waals surface area contributed by atoms with Crippen molar-refractivity contribution in [3.8, 4) is 17.6 Å². The number of hydrogen-bond donors (Lipinski definition) is 1. The van der Waals surface area contributed by atoms with E-state index in [1.807, 2.05) is 0 Å². The molecule has 0 saturated heterocycles. The molecule has 0 amide bonds. The SMILES string of the molecule is COc1ccc(Oc2ncc(N)o2)cc1. The Labute approximate surface area is 86.4 Å². The number of hydrogen-bond acceptors (Lipinski definition) is 5. The molecule has 5 heteroatoms. The van der Waals surface area contributed by atoms with Crippen LogP contribution in [0.2, 0.25) is 0 Å². The van der Waals surface area contributed by atoms with Gasteiger partial charge in [0.15, 0.2) is 0 Å². The normalized spacial score (nSPS) is 9.93. The van der Waals surface area contributed by atoms with Crippen LogP contribution >= 0.6 is 0 Å². The molecule has 1 heterocycles. The molecule has 2 N–H and O–H groups in total. The Hall–Kier alpha value is -2.17. The predicted molar refractivity (Wildman–Crippen MR) is 54.0 cm³/mol. The van der Waals surface area contributed by atoms with Crippen LogP contribution in [0.5, 0.6) is 17.6 Å². The maximum Gasteiger partial charge on any atom is 0.400 e. The lowest BCUT2D eigenvalue weighted by Crippen LogP contribution is -1.85. The molecule has 0 saturated carbocycles. The van der Waals surface area contributed by atoms with Gasteiger partial charge in [-0.15, -0.1) is 0 Å². The summed E-state index contributed by atoms with van der Waals surface area (Å²) in [6.45, 7) is 0. The number of nitrogens with zero attached hydrogens (tertiary/aromatic N) is 1. The molecule has 0 spiro atoms. The molecule has 0 aliphatic carbocycles. The van der Waals surface area contributed by atoms with Gasteiger partial charge in [-0.05, 0) is 24.3 Å². The zero-order valence-corrected chi connectivity index (χ0v) is 8.14. The quantitative estimate of drug-likeness (QED) is 0.832. The Morgan fingerprint density at radius 1 is 1.20 bits per heavy atom. The Morgan fingerprint density at radius 3 is 2.40 bits per heavy atom. The van der Waals surface area contributed by atoms with E-state index in [1.54, 1.807) is 31.4 Å². The first-order chi connectivity index (χ1) is 7.28. The summed E-state index contributed by atoms with van der Waals surface area (Å²) in [6, 6.07) is 7.06. The fraction of sp³-hybridized carbons (Fsp3) is 0.100. The summed E-state index contributed by atoms with van der Waals surface area (Å²) in [7, 11) is 1.60. The lowest BCUT2D eigenvalue weighted by Gasteiger charge is -2.02. The molecule has 1 aromatic carbocycles. The monoisotopic (exact) mass is 206 g/mol. The molecule has 0 bridgehead atoms. The van der Waals surface area contributed by atoms with Crippen LogP contribution in [0, 0.1) is 0 Å². The first kappa shape index (κ1) is 9.39. The summed E-state index contributed by atoms with van der Waals surface area (Å²) >= 11 is 0. The van der Waals surface area contributed by atoms with Gasteiger partial charge in [0.25, 0.3) is 0 Å². The van der Waals surface area contributed by atoms with Gasteiger partial charge in [0.05, 0.1) is 13.3 Å². The topological polar surface area (TPSA) is 70.5 Å². The summed E-state index contributed by atoms with van der Waals surface area (Å²) in [5.41, 5.74) is 5.35. The molecular weight excluding hydrogens is 196 g/mol. The lowest BCUT2D eigenvalue weighted by molar-refractivity contribution is 0.336. The third-order valence-corrected chi connectivity index (χ3v) is 1.77. The van der Waals surface area contributed by atoms with Crippen molar-refractivity contribution in [2.24, 2.45) is 0 Å². The van der Waals surface area contributed by atoms with Gasteiger partial charge in [-0.2, -0.15) is 4.98 Å². The summed E-state index contributed by atoms with van der Waals surface area (Å²) in [5, 5.41) is 0. The van der Waals surface area contributed by atoms with Crippen LogP contribution in [0.25, 0.3) is 0 Å². The van der Waals surface area contributed by atoms with Crippen LogP contribution in [-0.2, 0) is 0 Å². The van der Waals surface area contributed by atoms with E-state index in [2.05, 4.69) is 4.98 Å². The van der Waals surface area contributed by atoms with E-state index in [0.717, 1.165) is 5.75 Å². The third-order valence-electron chi connectivity index (χ3n) is 1.77. The molecule has 0 fully saturated rings. The van der Waals surface area contributed by atoms with Crippen LogP contribution in [0.4, 0.5) is 5.88 Å². The Morgan fingerprint density at radius 2 is 1.87 bits per heavy atom. The van der Waals surface area contributed by atoms with E-state index in [-0.39, 0.29) is 12.0 Å². The summed E-state index contributed by atoms with van der Waals surface area (Å²) in [4.78, 5) is 3.81. The number of rotatable bonds is 3. The van der Waals surface area contributed by atoms with Gasteiger partial charge in [-0.25, -0.2) is 0 Å². The molecule has 0 unspecified atom stereocenters. The number of aromatic nitrogens is 1. The van der Waals surface area contributed by atoms with Crippen molar-refractivity contribution in [3.05, 3.63) is 30.5 Å². The van der Waals surface area contributed by atoms with Gasteiger partial charge < -0.3 is 19.6 Å². The standard InChI is InChI=1S/C10H10N2O3/c1-13-7-2-4-8(5-3-7)14-10-12-6-9(11)15-10/h2-6H,11H2,1H3. The second kappa shape index (κ2) is 3.91. The average Bonchev–Trinajstić information content (AvgIpc) is 2.65. The molecule has 15 heavy (non-hydrogen) atoms. The minimum atomic E-state index is 0.123. The molecule has 2 rings (SSSR count). The van der Waals surface area contributed by atoms with Crippen molar-refractivity contribution in [2.75, 3.05) is 12.8 Å². The highest BCUT2D eigenvalue weighted by Gasteiger charge is 2.03. The van der Waals surface area contributed by atoms with Crippen molar-refractivity contribution >= 4 is 5.88 Å². The molecule has 78 valence electrons. The largest absolute Gasteiger partial charge is 0.497 e. The van der Waals surface area contributed by atoms with Crippen LogP contribution < -0.4 is 15.2 Å². The Kier molecular flexibility index (Phi) is 2.45. The second-order valence-corrected chi connectivity index (χ2v) is 2.81. The minimum absolute atomic E-state index is 0.123. The van der Waals surface area contributed by atoms with Crippen LogP contribution in [0.1, 0.15) is 0 Å². The van der Waals surface area contributed by atoms with Crippen LogP contribution in [-0.4, -0.2) is 12.1 Å². The lowest BCUT2D eigenvalue weighted by atomic mass is 10.3. The summed E-state index contributed by atoms with van der Waals surface area (Å²) < 4.78 is 15.3. The van der Waals surface area contributed by atoms with Gasteiger partial charge in [0.2, 0.25) is 5.88 Å². The average molecular weight is 206 g/mol. The van der Waals surface area contributed by atoms with E-state index >= 15 is 0 Å². The van der Waals surface area contributed by atoms with Gasteiger partial charge in [-0.3, -0.25) is 0 Å². The molecule has 0 atom stereocenters. The van der Waals surface area contributed by atoms with E-state index in [0.29, 0.717) is 5.75 Å². The first-order valence-corrected chi connectivity index (χ1v) is 4.31. The third kappa shape index (κ3) is 2.19. The van der Waals surface area contributed by atoms with Crippen molar-refractivity contribution in [3.63, 3.8) is 0 Å². The summed E-state index contributed by atoms with van der Waals surface area (Å²) in [5.74, 6) is 1.59. The minimum Gasteiger partial charge on any atom is -0.497 e. The van der Waals surface area contributed by atoms with Gasteiger partial charge in [0, 0.05) is 0 Å². The van der Waals surface area contributed by atoms with Crippen molar-refractivity contribution in [1.82, 2.24) is 4.98 Å². The fourth-order valence-electron chi connectivity index (χ4n) is 1.06. The number of benzene rings is 1. The second-order valence-electron chi connectivity index (χ2n) is 2.81. The van der Waals surface area contributed by atoms with Crippen LogP contribution in [0.15, 0.2) is 34.9 Å². The number of ether oxygens (including phenoxy) is 2. The zero-order chi connectivity index (χ0) is 10.7. The van der Waals surface area contributed by atoms with Crippen LogP contribution in [0.3, 0.4) is 0 Å². The maximum absolute atomic E-state index is 5.35. The molecule has 0 radical (unpaired) electrons.